The van der Waals surface area contributed by atoms with E-state index in [1.165, 1.54) is 12.1 Å². The normalized spacial score (nSPS) is 11.6. The predicted molar refractivity (Wildman–Crippen MR) is 99.7 cm³/mol. The Bertz CT molecular complexity index is 910. The quantitative estimate of drug-likeness (QED) is 0.699. The van der Waals surface area contributed by atoms with Crippen LogP contribution in [-0.2, 0) is 13.0 Å². The summed E-state index contributed by atoms with van der Waals surface area (Å²) in [4.78, 5) is 6.67. The molecule has 3 aromatic rings. The van der Waals surface area contributed by atoms with Crippen molar-refractivity contribution in [2.75, 3.05) is 18.5 Å². The van der Waals surface area contributed by atoms with Crippen LogP contribution in [0.25, 0.3) is 10.9 Å². The molecule has 142 valence electrons. The largest absolute Gasteiger partial charge is 0.573 e. The van der Waals surface area contributed by atoms with Gasteiger partial charge in [0.25, 0.3) is 0 Å². The van der Waals surface area contributed by atoms with E-state index in [0.29, 0.717) is 19.5 Å². The van der Waals surface area contributed by atoms with Gasteiger partial charge in [-0.05, 0) is 53.9 Å². The van der Waals surface area contributed by atoms with E-state index in [1.54, 1.807) is 12.1 Å². The molecule has 0 spiro atoms. The lowest BCUT2D eigenvalue weighted by molar-refractivity contribution is -0.274. The summed E-state index contributed by atoms with van der Waals surface area (Å²) in [7, 11) is 1.93. The van der Waals surface area contributed by atoms with Gasteiger partial charge in [0.15, 0.2) is 0 Å². The Hall–Kier alpha value is -2.80. The highest BCUT2D eigenvalue weighted by Gasteiger charge is 2.30. The van der Waals surface area contributed by atoms with Crippen molar-refractivity contribution in [1.29, 1.82) is 0 Å². The molecule has 1 heterocycles. The topological polar surface area (TPSA) is 51.4 Å². The fourth-order valence-electron chi connectivity index (χ4n) is 2.77. The van der Waals surface area contributed by atoms with E-state index in [4.69, 9.17) is 5.73 Å². The zero-order valence-electron chi connectivity index (χ0n) is 14.8. The Labute approximate surface area is 155 Å². The molecule has 0 radical (unpaired) electrons. The predicted octanol–water partition coefficient (Wildman–Crippen LogP) is 4.27. The zero-order chi connectivity index (χ0) is 19.4. The van der Waals surface area contributed by atoms with Gasteiger partial charge in [-0.3, -0.25) is 0 Å². The number of anilines is 1. The van der Waals surface area contributed by atoms with Crippen LogP contribution >= 0.6 is 0 Å². The molecule has 0 amide bonds. The second kappa shape index (κ2) is 7.84. The van der Waals surface area contributed by atoms with Crippen LogP contribution in [0.4, 0.5) is 19.0 Å². The molecule has 2 N–H and O–H groups in total. The highest BCUT2D eigenvalue weighted by molar-refractivity contribution is 5.81. The van der Waals surface area contributed by atoms with Crippen LogP contribution in [-0.4, -0.2) is 24.9 Å². The third-order valence-corrected chi connectivity index (χ3v) is 4.26. The van der Waals surface area contributed by atoms with Gasteiger partial charge in [0, 0.05) is 25.5 Å². The van der Waals surface area contributed by atoms with Gasteiger partial charge in [-0.2, -0.15) is 0 Å². The molecule has 4 nitrogen and oxygen atoms in total. The molecule has 3 rings (SSSR count). The Kier molecular flexibility index (Phi) is 5.51. The van der Waals surface area contributed by atoms with Gasteiger partial charge in [-0.25, -0.2) is 4.98 Å². The fraction of sp³-hybridized carbons (Fsp3) is 0.250. The molecular formula is C20H20F3N3O. The Balaban J connectivity index is 1.63. The van der Waals surface area contributed by atoms with E-state index in [9.17, 15) is 13.2 Å². The van der Waals surface area contributed by atoms with Gasteiger partial charge >= 0.3 is 6.36 Å². The Morgan fingerprint density at radius 3 is 2.37 bits per heavy atom. The van der Waals surface area contributed by atoms with Crippen LogP contribution in [0.1, 0.15) is 11.1 Å². The summed E-state index contributed by atoms with van der Waals surface area (Å²) in [6, 6.07) is 15.8. The molecule has 1 aromatic heterocycles. The minimum atomic E-state index is -4.67. The number of ether oxygens (including phenoxy) is 1. The van der Waals surface area contributed by atoms with Crippen molar-refractivity contribution in [3.05, 3.63) is 65.7 Å². The first-order valence-electron chi connectivity index (χ1n) is 8.49. The van der Waals surface area contributed by atoms with Gasteiger partial charge in [0.05, 0.1) is 5.52 Å². The van der Waals surface area contributed by atoms with Crippen LogP contribution in [0.15, 0.2) is 54.6 Å². The van der Waals surface area contributed by atoms with Gasteiger partial charge in [-0.1, -0.05) is 18.2 Å². The average molecular weight is 375 g/mol. The van der Waals surface area contributed by atoms with Crippen molar-refractivity contribution >= 4 is 16.7 Å². The highest BCUT2D eigenvalue weighted by atomic mass is 19.4. The maximum atomic E-state index is 12.2. The summed E-state index contributed by atoms with van der Waals surface area (Å²) in [5.74, 6) is 0.618. The number of rotatable bonds is 6. The number of alkyl halides is 3. The van der Waals surface area contributed by atoms with E-state index in [0.717, 1.165) is 27.8 Å². The van der Waals surface area contributed by atoms with Crippen molar-refractivity contribution < 1.29 is 17.9 Å². The first-order chi connectivity index (χ1) is 12.8. The number of pyridine rings is 1. The van der Waals surface area contributed by atoms with Crippen LogP contribution < -0.4 is 15.4 Å². The molecule has 0 fully saturated rings. The lowest BCUT2D eigenvalue weighted by Crippen LogP contribution is -2.21. The second-order valence-electron chi connectivity index (χ2n) is 6.26. The second-order valence-corrected chi connectivity index (χ2v) is 6.26. The Morgan fingerprint density at radius 2 is 1.70 bits per heavy atom. The van der Waals surface area contributed by atoms with Gasteiger partial charge in [-0.15, -0.1) is 13.2 Å². The number of fused-ring (bicyclic) bond motifs is 1. The summed E-state index contributed by atoms with van der Waals surface area (Å²) >= 11 is 0. The van der Waals surface area contributed by atoms with Crippen molar-refractivity contribution in [3.63, 3.8) is 0 Å². The van der Waals surface area contributed by atoms with E-state index in [2.05, 4.69) is 9.72 Å². The minimum absolute atomic E-state index is 0.215. The molecule has 2 aromatic carbocycles. The maximum Gasteiger partial charge on any atom is 0.573 e. The van der Waals surface area contributed by atoms with Crippen molar-refractivity contribution in [1.82, 2.24) is 4.98 Å². The molecule has 27 heavy (non-hydrogen) atoms. The van der Waals surface area contributed by atoms with E-state index < -0.39 is 6.36 Å². The van der Waals surface area contributed by atoms with E-state index >= 15 is 0 Å². The molecule has 0 unspecified atom stereocenters. The summed E-state index contributed by atoms with van der Waals surface area (Å²) in [5.41, 5.74) is 8.53. The monoisotopic (exact) mass is 375 g/mol. The third kappa shape index (κ3) is 5.10. The van der Waals surface area contributed by atoms with Gasteiger partial charge < -0.3 is 15.4 Å². The van der Waals surface area contributed by atoms with E-state index in [-0.39, 0.29) is 5.75 Å². The summed E-state index contributed by atoms with van der Waals surface area (Å²) in [5, 5.41) is 1.04. The maximum absolute atomic E-state index is 12.2. The van der Waals surface area contributed by atoms with Crippen LogP contribution in [0.2, 0.25) is 0 Å². The van der Waals surface area contributed by atoms with Crippen LogP contribution in [0, 0.1) is 0 Å². The number of nitrogens with zero attached hydrogens (tertiary/aromatic N) is 2. The zero-order valence-corrected chi connectivity index (χ0v) is 14.8. The molecule has 0 aliphatic heterocycles. The highest BCUT2D eigenvalue weighted by Crippen LogP contribution is 2.23. The van der Waals surface area contributed by atoms with Crippen molar-refractivity contribution in [3.8, 4) is 5.75 Å². The molecule has 0 aliphatic rings. The molecular weight excluding hydrogens is 355 g/mol. The van der Waals surface area contributed by atoms with Gasteiger partial charge in [0.2, 0.25) is 0 Å². The first kappa shape index (κ1) is 19.0. The number of halogens is 3. The summed E-state index contributed by atoms with van der Waals surface area (Å²) in [6.07, 6.45) is -4.00. The molecule has 0 aliphatic carbocycles. The van der Waals surface area contributed by atoms with Crippen LogP contribution in [0.5, 0.6) is 5.75 Å². The smallest absolute Gasteiger partial charge is 0.406 e. The SMILES string of the molecule is CN(CCc1ccc(OC(F)(F)F)cc1)c1ccc2cc(CN)ccc2n1. The molecule has 0 bridgehead atoms. The molecule has 7 heteroatoms. The number of nitrogens with two attached hydrogens (primary N) is 1. The summed E-state index contributed by atoms with van der Waals surface area (Å²) in [6.45, 7) is 1.17. The third-order valence-electron chi connectivity index (χ3n) is 4.26. The lowest BCUT2D eigenvalue weighted by atomic mass is 10.1. The minimum Gasteiger partial charge on any atom is -0.406 e. The fourth-order valence-corrected chi connectivity index (χ4v) is 2.77. The number of hydrogen-bond donors (Lipinski definition) is 1. The lowest BCUT2D eigenvalue weighted by Gasteiger charge is -2.19. The van der Waals surface area contributed by atoms with Gasteiger partial charge in [0.1, 0.15) is 11.6 Å². The first-order valence-corrected chi connectivity index (χ1v) is 8.49. The average Bonchev–Trinajstić information content (AvgIpc) is 2.65. The van der Waals surface area contributed by atoms with Crippen LogP contribution in [0.3, 0.4) is 0 Å². The molecule has 0 atom stereocenters. The number of aromatic nitrogens is 1. The number of benzene rings is 2. The van der Waals surface area contributed by atoms with Crippen molar-refractivity contribution in [2.24, 2.45) is 5.73 Å². The van der Waals surface area contributed by atoms with Crippen molar-refractivity contribution in [2.45, 2.75) is 19.3 Å². The Morgan fingerprint density at radius 1 is 1.00 bits per heavy atom. The summed E-state index contributed by atoms with van der Waals surface area (Å²) < 4.78 is 40.5. The standard InChI is InChI=1S/C20H20F3N3O/c1-26(11-10-14-2-6-17(7-3-14)27-20(21,22)23)19-9-5-16-12-15(13-24)4-8-18(16)25-19/h2-9,12H,10-11,13,24H2,1H3. The number of hydrogen-bond acceptors (Lipinski definition) is 4. The molecule has 0 saturated heterocycles. The van der Waals surface area contributed by atoms with E-state index in [1.807, 2.05) is 42.3 Å². The number of likely N-dealkylation sites (N-methyl/N-ethyl adjacent to an activating group) is 1. The molecule has 0 saturated carbocycles.